The SMILES string of the molecule is CCOP(=O)(Cc1nc2ccc(-c3cc4c(C(=O)NC)c(-c5ccc(C)cc5)oc4cc3N(C)S(C)(=O)=O)nc2c2cc3c(F)cccc3n12)OCC. The molecule has 7 rings (SSSR count). The molecule has 0 saturated carbocycles. The summed E-state index contributed by atoms with van der Waals surface area (Å²) in [6, 6.07) is 20.5. The van der Waals surface area contributed by atoms with Crippen LogP contribution in [0.2, 0.25) is 0 Å². The molecule has 0 radical (unpaired) electrons. The number of hydrogen-bond donors (Lipinski definition) is 1. The molecule has 0 aliphatic carbocycles. The van der Waals surface area contributed by atoms with E-state index in [9.17, 15) is 17.8 Å². The van der Waals surface area contributed by atoms with Crippen molar-refractivity contribution in [2.75, 3.05) is 37.9 Å². The highest BCUT2D eigenvalue weighted by Gasteiger charge is 2.30. The van der Waals surface area contributed by atoms with Crippen molar-refractivity contribution >= 4 is 67.6 Å². The molecule has 15 heteroatoms. The van der Waals surface area contributed by atoms with Crippen molar-refractivity contribution in [2.45, 2.75) is 26.9 Å². The van der Waals surface area contributed by atoms with Crippen LogP contribution in [-0.4, -0.2) is 62.3 Å². The zero-order valence-corrected chi connectivity index (χ0v) is 31.6. The van der Waals surface area contributed by atoms with Gasteiger partial charge in [0.05, 0.1) is 53.0 Å². The Balaban J connectivity index is 1.53. The van der Waals surface area contributed by atoms with Crippen molar-refractivity contribution in [3.8, 4) is 22.6 Å². The Labute approximate surface area is 305 Å². The van der Waals surface area contributed by atoms with Gasteiger partial charge < -0.3 is 18.8 Å². The van der Waals surface area contributed by atoms with Gasteiger partial charge in [-0.2, -0.15) is 0 Å². The van der Waals surface area contributed by atoms with Crippen LogP contribution < -0.4 is 9.62 Å². The third-order valence-corrected chi connectivity index (χ3v) is 12.3. The van der Waals surface area contributed by atoms with Gasteiger partial charge in [-0.3, -0.25) is 18.1 Å². The number of benzene rings is 3. The molecular formula is C38H37FN5O7PS. The summed E-state index contributed by atoms with van der Waals surface area (Å²) in [6.45, 7) is 5.70. The predicted octanol–water partition coefficient (Wildman–Crippen LogP) is 8.08. The number of furan rings is 1. The molecule has 0 fully saturated rings. The molecule has 7 aromatic rings. The highest BCUT2D eigenvalue weighted by atomic mass is 32.2. The standard InChI is InChI=1S/C38H37FN5O7PS/c1-7-49-52(46,50-8-2)21-34-41-29-17-16-28(42-36(29)32-19-24-27(39)10-9-11-30(24)44(32)34)25-18-26-33(20-31(25)43(5)53(6,47)48)51-37(35(26)38(45)40-4)23-14-12-22(3)13-15-23/h9-20H,7-8,21H2,1-6H3,(H,40,45). The molecule has 3 aromatic carbocycles. The summed E-state index contributed by atoms with van der Waals surface area (Å²) in [5, 5.41) is 3.44. The molecule has 4 heterocycles. The molecule has 0 aliphatic heterocycles. The fourth-order valence-corrected chi connectivity index (χ4v) is 8.66. The Bertz CT molecular complexity index is 2740. The second-order valence-electron chi connectivity index (χ2n) is 12.6. The third kappa shape index (κ3) is 6.46. The highest BCUT2D eigenvalue weighted by molar-refractivity contribution is 7.92. The van der Waals surface area contributed by atoms with Gasteiger partial charge in [0.2, 0.25) is 10.0 Å². The number of halogens is 1. The minimum atomic E-state index is -3.79. The Morgan fingerprint density at radius 2 is 1.70 bits per heavy atom. The molecule has 53 heavy (non-hydrogen) atoms. The number of carbonyl (C=O) groups is 1. The van der Waals surface area contributed by atoms with Gasteiger partial charge in [0.25, 0.3) is 5.91 Å². The second kappa shape index (κ2) is 13.7. The number of carbonyl (C=O) groups excluding carboxylic acids is 1. The van der Waals surface area contributed by atoms with Crippen molar-refractivity contribution in [3.63, 3.8) is 0 Å². The fraction of sp³-hybridized carbons (Fsp3) is 0.237. The van der Waals surface area contributed by atoms with Crippen LogP contribution in [0, 0.1) is 12.7 Å². The Hall–Kier alpha value is -5.14. The quantitative estimate of drug-likeness (QED) is 0.129. The van der Waals surface area contributed by atoms with Gasteiger partial charge in [0.1, 0.15) is 34.7 Å². The van der Waals surface area contributed by atoms with Gasteiger partial charge in [0.15, 0.2) is 0 Å². The largest absolute Gasteiger partial charge is 0.455 e. The number of anilines is 1. The summed E-state index contributed by atoms with van der Waals surface area (Å²) in [5.41, 5.74) is 4.99. The average Bonchev–Trinajstić information content (AvgIpc) is 3.71. The van der Waals surface area contributed by atoms with Gasteiger partial charge >= 0.3 is 7.60 Å². The first-order valence-electron chi connectivity index (χ1n) is 16.9. The summed E-state index contributed by atoms with van der Waals surface area (Å²) in [4.78, 5) is 23.3. The van der Waals surface area contributed by atoms with Crippen LogP contribution in [0.3, 0.4) is 0 Å². The van der Waals surface area contributed by atoms with Gasteiger partial charge in [-0.25, -0.2) is 22.8 Å². The van der Waals surface area contributed by atoms with E-state index in [1.54, 1.807) is 60.7 Å². The summed E-state index contributed by atoms with van der Waals surface area (Å²) < 4.78 is 75.4. The van der Waals surface area contributed by atoms with E-state index in [-0.39, 0.29) is 30.6 Å². The fourth-order valence-electron chi connectivity index (χ4n) is 6.55. The maximum absolute atomic E-state index is 15.3. The van der Waals surface area contributed by atoms with E-state index >= 15 is 4.39 Å². The average molecular weight is 758 g/mol. The molecule has 12 nitrogen and oxygen atoms in total. The maximum atomic E-state index is 15.3. The number of fused-ring (bicyclic) bond motifs is 6. The number of nitrogens with one attached hydrogen (secondary N) is 1. The molecule has 0 aliphatic rings. The first-order valence-corrected chi connectivity index (χ1v) is 20.5. The number of pyridine rings is 1. The van der Waals surface area contributed by atoms with E-state index in [2.05, 4.69) is 5.32 Å². The first kappa shape index (κ1) is 36.2. The Morgan fingerprint density at radius 3 is 2.36 bits per heavy atom. The van der Waals surface area contributed by atoms with Gasteiger partial charge in [-0.05, 0) is 57.2 Å². The van der Waals surface area contributed by atoms with Crippen LogP contribution in [0.25, 0.3) is 61.0 Å². The normalized spacial score (nSPS) is 12.4. The molecule has 0 spiro atoms. The van der Waals surface area contributed by atoms with Crippen LogP contribution in [-0.2, 0) is 29.8 Å². The van der Waals surface area contributed by atoms with E-state index < -0.39 is 29.3 Å². The second-order valence-corrected chi connectivity index (χ2v) is 16.6. The molecular weight excluding hydrogens is 720 g/mol. The highest BCUT2D eigenvalue weighted by Crippen LogP contribution is 2.51. The summed E-state index contributed by atoms with van der Waals surface area (Å²) in [7, 11) is -4.49. The number of rotatable bonds is 11. The van der Waals surface area contributed by atoms with Gasteiger partial charge in [0, 0.05) is 42.1 Å². The van der Waals surface area contributed by atoms with E-state index in [1.807, 2.05) is 31.2 Å². The van der Waals surface area contributed by atoms with Crippen molar-refractivity contribution in [3.05, 3.63) is 95.6 Å². The molecule has 4 aromatic heterocycles. The zero-order chi connectivity index (χ0) is 37.8. The smallest absolute Gasteiger partial charge is 0.338 e. The van der Waals surface area contributed by atoms with Crippen molar-refractivity contribution in [1.29, 1.82) is 0 Å². The summed E-state index contributed by atoms with van der Waals surface area (Å²) in [5.74, 6) is -0.206. The Morgan fingerprint density at radius 1 is 0.981 bits per heavy atom. The van der Waals surface area contributed by atoms with Crippen LogP contribution >= 0.6 is 7.60 Å². The summed E-state index contributed by atoms with van der Waals surface area (Å²) in [6.07, 6.45) is 0.902. The van der Waals surface area contributed by atoms with Crippen molar-refractivity contribution in [1.82, 2.24) is 19.7 Å². The number of hydrogen-bond acceptors (Lipinski definition) is 9. The first-order chi connectivity index (χ1) is 25.3. The molecule has 1 amide bonds. The lowest BCUT2D eigenvalue weighted by atomic mass is 10.00. The van der Waals surface area contributed by atoms with Crippen molar-refractivity contribution < 1.29 is 35.6 Å². The topological polar surface area (TPSA) is 145 Å². The minimum absolute atomic E-state index is 0.152. The number of sulfonamides is 1. The van der Waals surface area contributed by atoms with Crippen LogP contribution in [0.15, 0.2) is 77.2 Å². The van der Waals surface area contributed by atoms with Crippen LogP contribution in [0.5, 0.6) is 0 Å². The van der Waals surface area contributed by atoms with E-state index in [1.165, 1.54) is 20.2 Å². The number of amides is 1. The van der Waals surface area contributed by atoms with Crippen LogP contribution in [0.4, 0.5) is 10.1 Å². The maximum Gasteiger partial charge on any atom is 0.338 e. The molecule has 0 unspecified atom stereocenters. The lowest BCUT2D eigenvalue weighted by Gasteiger charge is -2.21. The monoisotopic (exact) mass is 757 g/mol. The molecule has 0 atom stereocenters. The Kier molecular flexibility index (Phi) is 9.35. The van der Waals surface area contributed by atoms with E-state index in [0.29, 0.717) is 66.8 Å². The van der Waals surface area contributed by atoms with E-state index in [0.717, 1.165) is 16.1 Å². The molecule has 0 saturated heterocycles. The minimum Gasteiger partial charge on any atom is -0.455 e. The lowest BCUT2D eigenvalue weighted by molar-refractivity contribution is 0.0964. The van der Waals surface area contributed by atoms with Crippen molar-refractivity contribution in [2.24, 2.45) is 0 Å². The lowest BCUT2D eigenvalue weighted by Crippen LogP contribution is -2.25. The molecule has 274 valence electrons. The third-order valence-electron chi connectivity index (χ3n) is 9.09. The zero-order valence-electron chi connectivity index (χ0n) is 29.9. The van der Waals surface area contributed by atoms with Gasteiger partial charge in [-0.15, -0.1) is 0 Å². The number of nitrogens with zero attached hydrogens (tertiary/aromatic N) is 4. The number of aromatic nitrogens is 3. The summed E-state index contributed by atoms with van der Waals surface area (Å²) >= 11 is 0. The number of aryl methyl sites for hydroxylation is 1. The van der Waals surface area contributed by atoms with Gasteiger partial charge in [-0.1, -0.05) is 35.9 Å². The predicted molar refractivity (Wildman–Crippen MR) is 205 cm³/mol. The molecule has 1 N–H and O–H groups in total. The molecule has 0 bridgehead atoms. The van der Waals surface area contributed by atoms with Crippen LogP contribution in [0.1, 0.15) is 35.6 Å². The van der Waals surface area contributed by atoms with E-state index in [4.69, 9.17) is 23.4 Å².